The predicted octanol–water partition coefficient (Wildman–Crippen LogP) is 3.21. The molecular weight excluding hydrogens is 230 g/mol. The van der Waals surface area contributed by atoms with Crippen molar-refractivity contribution in [3.63, 3.8) is 0 Å². The van der Waals surface area contributed by atoms with E-state index in [-0.39, 0.29) is 6.04 Å². The minimum atomic E-state index is 0.287. The first-order valence-corrected chi connectivity index (χ1v) is 6.22. The highest BCUT2D eigenvalue weighted by Crippen LogP contribution is 2.26. The summed E-state index contributed by atoms with van der Waals surface area (Å²) in [7, 11) is 2.01. The molecule has 0 fully saturated rings. The van der Waals surface area contributed by atoms with Gasteiger partial charge < -0.3 is 4.90 Å². The van der Waals surface area contributed by atoms with Crippen LogP contribution < -0.4 is 4.90 Å². The van der Waals surface area contributed by atoms with Crippen molar-refractivity contribution in [1.82, 2.24) is 4.98 Å². The molecule has 0 saturated carbocycles. The quantitative estimate of drug-likeness (QED) is 0.831. The minimum absolute atomic E-state index is 0.287. The fourth-order valence-corrected chi connectivity index (χ4v) is 2.41. The number of nitriles is 1. The van der Waals surface area contributed by atoms with Crippen LogP contribution in [0.1, 0.15) is 23.4 Å². The molecule has 3 nitrogen and oxygen atoms in total. The van der Waals surface area contributed by atoms with Crippen molar-refractivity contribution in [2.45, 2.75) is 13.0 Å². The molecule has 0 aliphatic carbocycles. The number of anilines is 1. The zero-order chi connectivity index (χ0) is 12.3. The lowest BCUT2D eigenvalue weighted by molar-refractivity contribution is 0.742. The molecule has 1 atom stereocenters. The van der Waals surface area contributed by atoms with Gasteiger partial charge in [0.1, 0.15) is 11.9 Å². The Labute approximate surface area is 105 Å². The number of thiophene rings is 1. The van der Waals surface area contributed by atoms with E-state index in [4.69, 9.17) is 5.26 Å². The molecule has 2 aromatic rings. The van der Waals surface area contributed by atoms with Crippen molar-refractivity contribution in [3.05, 3.63) is 46.3 Å². The molecule has 2 rings (SSSR count). The third kappa shape index (κ3) is 2.45. The smallest absolute Gasteiger partial charge is 0.128 e. The number of nitrogens with zero attached hydrogens (tertiary/aromatic N) is 3. The highest BCUT2D eigenvalue weighted by Gasteiger charge is 2.13. The van der Waals surface area contributed by atoms with Crippen LogP contribution in [0.5, 0.6) is 0 Å². The molecule has 0 radical (unpaired) electrons. The first-order chi connectivity index (χ1) is 8.22. The predicted molar refractivity (Wildman–Crippen MR) is 70.1 cm³/mol. The number of hydrogen-bond acceptors (Lipinski definition) is 4. The van der Waals surface area contributed by atoms with Gasteiger partial charge in [-0.05, 0) is 30.5 Å². The van der Waals surface area contributed by atoms with Gasteiger partial charge in [-0.1, -0.05) is 6.07 Å². The Morgan fingerprint density at radius 3 is 2.76 bits per heavy atom. The summed E-state index contributed by atoms with van der Waals surface area (Å²) >= 11 is 1.74. The standard InChI is InChI=1S/C13H13N3S/c1-10(12-4-3-7-17-12)16(2)13-6-5-11(8-14)9-15-13/h3-7,9-10H,1-2H3. The van der Waals surface area contributed by atoms with Crippen LogP contribution in [0.4, 0.5) is 5.82 Å². The second-order valence-corrected chi connectivity index (χ2v) is 4.80. The molecular formula is C13H13N3S. The summed E-state index contributed by atoms with van der Waals surface area (Å²) in [5.74, 6) is 0.880. The number of pyridine rings is 1. The number of hydrogen-bond donors (Lipinski definition) is 0. The summed E-state index contributed by atoms with van der Waals surface area (Å²) in [6.45, 7) is 2.14. The highest BCUT2D eigenvalue weighted by molar-refractivity contribution is 7.10. The molecule has 0 spiro atoms. The van der Waals surface area contributed by atoms with Gasteiger partial charge in [0.25, 0.3) is 0 Å². The largest absolute Gasteiger partial charge is 0.352 e. The molecule has 0 aliphatic rings. The van der Waals surface area contributed by atoms with Crippen molar-refractivity contribution in [3.8, 4) is 6.07 Å². The summed E-state index contributed by atoms with van der Waals surface area (Å²) in [4.78, 5) is 7.70. The van der Waals surface area contributed by atoms with Crippen molar-refractivity contribution in [2.24, 2.45) is 0 Å². The van der Waals surface area contributed by atoms with E-state index in [2.05, 4.69) is 40.4 Å². The van der Waals surface area contributed by atoms with Crippen molar-refractivity contribution in [1.29, 1.82) is 5.26 Å². The normalized spacial score (nSPS) is 11.8. The summed E-state index contributed by atoms with van der Waals surface area (Å²) in [6, 6.07) is 10.2. The summed E-state index contributed by atoms with van der Waals surface area (Å²) in [5, 5.41) is 10.8. The van der Waals surface area contributed by atoms with E-state index in [0.29, 0.717) is 5.56 Å². The van der Waals surface area contributed by atoms with Gasteiger partial charge in [0, 0.05) is 18.1 Å². The fourth-order valence-electron chi connectivity index (χ4n) is 1.58. The third-order valence-electron chi connectivity index (χ3n) is 2.77. The molecule has 0 bridgehead atoms. The summed E-state index contributed by atoms with van der Waals surface area (Å²) in [6.07, 6.45) is 1.60. The van der Waals surface area contributed by atoms with Gasteiger partial charge >= 0.3 is 0 Å². The number of rotatable bonds is 3. The third-order valence-corrected chi connectivity index (χ3v) is 3.82. The highest BCUT2D eigenvalue weighted by atomic mass is 32.1. The molecule has 0 amide bonds. The fraction of sp³-hybridized carbons (Fsp3) is 0.231. The maximum atomic E-state index is 8.72. The summed E-state index contributed by atoms with van der Waals surface area (Å²) < 4.78 is 0. The van der Waals surface area contributed by atoms with Gasteiger partial charge in [-0.2, -0.15) is 5.26 Å². The maximum absolute atomic E-state index is 8.72. The molecule has 0 N–H and O–H groups in total. The molecule has 0 aliphatic heterocycles. The van der Waals surface area contributed by atoms with Crippen LogP contribution in [0.25, 0.3) is 0 Å². The molecule has 4 heteroatoms. The van der Waals surface area contributed by atoms with Crippen LogP contribution in [0, 0.1) is 11.3 Å². The van der Waals surface area contributed by atoms with Crippen LogP contribution in [-0.4, -0.2) is 12.0 Å². The Bertz CT molecular complexity index is 511. The maximum Gasteiger partial charge on any atom is 0.128 e. The van der Waals surface area contributed by atoms with Crippen molar-refractivity contribution in [2.75, 3.05) is 11.9 Å². The van der Waals surface area contributed by atoms with Gasteiger partial charge in [0.05, 0.1) is 11.6 Å². The van der Waals surface area contributed by atoms with E-state index >= 15 is 0 Å². The van der Waals surface area contributed by atoms with Gasteiger partial charge in [-0.3, -0.25) is 0 Å². The average Bonchev–Trinajstić information content (AvgIpc) is 2.91. The first kappa shape index (κ1) is 11.6. The first-order valence-electron chi connectivity index (χ1n) is 5.34. The molecule has 2 aromatic heterocycles. The van der Waals surface area contributed by atoms with Crippen molar-refractivity contribution >= 4 is 17.2 Å². The van der Waals surface area contributed by atoms with Crippen LogP contribution in [-0.2, 0) is 0 Å². The van der Waals surface area contributed by atoms with E-state index in [0.717, 1.165) is 5.82 Å². The Hall–Kier alpha value is -1.86. The van der Waals surface area contributed by atoms with Gasteiger partial charge in [0.15, 0.2) is 0 Å². The Morgan fingerprint density at radius 1 is 1.41 bits per heavy atom. The van der Waals surface area contributed by atoms with Crippen molar-refractivity contribution < 1.29 is 0 Å². The zero-order valence-corrected chi connectivity index (χ0v) is 10.6. The Kier molecular flexibility index (Phi) is 3.40. The lowest BCUT2D eigenvalue weighted by Gasteiger charge is -2.25. The summed E-state index contributed by atoms with van der Waals surface area (Å²) in [5.41, 5.74) is 0.589. The van der Waals surface area contributed by atoms with E-state index in [1.807, 2.05) is 13.1 Å². The van der Waals surface area contributed by atoms with E-state index in [9.17, 15) is 0 Å². The topological polar surface area (TPSA) is 39.9 Å². The van der Waals surface area contributed by atoms with Crippen LogP contribution >= 0.6 is 11.3 Å². The second kappa shape index (κ2) is 4.98. The molecule has 86 valence electrons. The van der Waals surface area contributed by atoms with Gasteiger partial charge in [-0.15, -0.1) is 11.3 Å². The molecule has 1 unspecified atom stereocenters. The van der Waals surface area contributed by atoms with Gasteiger partial charge in [0.2, 0.25) is 0 Å². The lowest BCUT2D eigenvalue weighted by Crippen LogP contribution is -2.21. The minimum Gasteiger partial charge on any atom is -0.352 e. The van der Waals surface area contributed by atoms with E-state index in [1.165, 1.54) is 4.88 Å². The Morgan fingerprint density at radius 2 is 2.24 bits per heavy atom. The van der Waals surface area contributed by atoms with Crippen LogP contribution in [0.15, 0.2) is 35.8 Å². The molecule has 2 heterocycles. The monoisotopic (exact) mass is 243 g/mol. The molecule has 17 heavy (non-hydrogen) atoms. The van der Waals surface area contributed by atoms with E-state index in [1.54, 1.807) is 23.6 Å². The SMILES string of the molecule is CC(c1cccs1)N(C)c1ccc(C#N)cn1. The van der Waals surface area contributed by atoms with E-state index < -0.39 is 0 Å². The second-order valence-electron chi connectivity index (χ2n) is 3.82. The van der Waals surface area contributed by atoms with Gasteiger partial charge in [-0.25, -0.2) is 4.98 Å². The lowest BCUT2D eigenvalue weighted by atomic mass is 10.2. The average molecular weight is 243 g/mol. The number of aromatic nitrogens is 1. The van der Waals surface area contributed by atoms with Crippen LogP contribution in [0.2, 0.25) is 0 Å². The molecule has 0 saturated heterocycles. The Balaban J connectivity index is 2.19. The molecule has 0 aromatic carbocycles. The zero-order valence-electron chi connectivity index (χ0n) is 9.79. The van der Waals surface area contributed by atoms with Crippen LogP contribution in [0.3, 0.4) is 0 Å².